The Morgan fingerprint density at radius 2 is 0.788 bits per heavy atom. The van der Waals surface area contributed by atoms with Crippen molar-refractivity contribution in [3.8, 4) is 40.7 Å². The molecule has 14 rings (SSSR count). The molecule has 66 heavy (non-hydrogen) atoms. The number of aromatic nitrogens is 7. The van der Waals surface area contributed by atoms with Crippen LogP contribution in [0.15, 0.2) is 206 Å². The van der Waals surface area contributed by atoms with E-state index in [1.54, 1.807) is 0 Å². The molecule has 0 aliphatic heterocycles. The van der Waals surface area contributed by atoms with Crippen molar-refractivity contribution in [1.29, 1.82) is 5.26 Å². The fourth-order valence-electron chi connectivity index (χ4n) is 10.5. The third kappa shape index (κ3) is 5.05. The minimum Gasteiger partial charge on any atom is -0.309 e. The lowest BCUT2D eigenvalue weighted by Gasteiger charge is -2.14. The molecule has 0 fully saturated rings. The summed E-state index contributed by atoms with van der Waals surface area (Å²) in [4.78, 5) is 15.9. The van der Waals surface area contributed by atoms with Crippen LogP contribution in [0.3, 0.4) is 0 Å². The van der Waals surface area contributed by atoms with Gasteiger partial charge in [-0.3, -0.25) is 9.13 Å². The van der Waals surface area contributed by atoms with E-state index in [1.807, 2.05) is 42.5 Å². The molecule has 0 amide bonds. The first-order chi connectivity index (χ1) is 32.7. The summed E-state index contributed by atoms with van der Waals surface area (Å²) < 4.78 is 8.87. The number of para-hydroxylation sites is 7. The molecule has 5 aromatic heterocycles. The lowest BCUT2D eigenvalue weighted by Crippen LogP contribution is -2.10. The van der Waals surface area contributed by atoms with E-state index in [9.17, 15) is 5.26 Å². The zero-order valence-corrected chi connectivity index (χ0v) is 35.2. The first-order valence-electron chi connectivity index (χ1n) is 22.0. The summed E-state index contributed by atoms with van der Waals surface area (Å²) in [6.07, 6.45) is 0. The Morgan fingerprint density at radius 1 is 0.348 bits per heavy atom. The van der Waals surface area contributed by atoms with Gasteiger partial charge in [0.05, 0.1) is 55.4 Å². The predicted octanol–water partition coefficient (Wildman–Crippen LogP) is 13.8. The van der Waals surface area contributed by atoms with E-state index in [1.165, 1.54) is 0 Å². The molecular weight excluding hydrogens is 809 g/mol. The Morgan fingerprint density at radius 3 is 1.30 bits per heavy atom. The standard InChI is InChI=1S/C58H34N8/c59-35-37-34-36(30-32-46(37)64-47-24-10-8-22-43(47)44-31-33-53-54(55(44)64)45-23-9-15-29-52(45)63(53)38-16-2-1-3-17-38)56-60-57(65-48-25-11-4-18-39(48)40-19-5-12-26-49(40)65)62-58(61-56)66-50-27-13-6-20-41(50)42-21-7-14-28-51(42)66/h1-34H. The molecule has 0 spiro atoms. The van der Waals surface area contributed by atoms with Gasteiger partial charge in [0.15, 0.2) is 5.82 Å². The quantitative estimate of drug-likeness (QED) is 0.173. The second kappa shape index (κ2) is 13.8. The van der Waals surface area contributed by atoms with Gasteiger partial charge in [-0.15, -0.1) is 0 Å². The lowest BCUT2D eigenvalue weighted by molar-refractivity contribution is 0.892. The van der Waals surface area contributed by atoms with Crippen molar-refractivity contribution in [3.63, 3.8) is 0 Å². The second-order valence-electron chi connectivity index (χ2n) is 16.7. The maximum Gasteiger partial charge on any atom is 0.240 e. The molecule has 5 heterocycles. The number of benzene rings is 9. The number of fused-ring (bicyclic) bond motifs is 13. The van der Waals surface area contributed by atoms with Crippen molar-refractivity contribution in [1.82, 2.24) is 33.2 Å². The molecule has 0 saturated carbocycles. The highest BCUT2D eigenvalue weighted by Crippen LogP contribution is 2.43. The molecule has 0 saturated heterocycles. The van der Waals surface area contributed by atoms with Crippen LogP contribution < -0.4 is 0 Å². The molecule has 0 aliphatic rings. The van der Waals surface area contributed by atoms with Crippen molar-refractivity contribution in [2.75, 3.05) is 0 Å². The Bertz CT molecular complexity index is 4130. The normalized spacial score (nSPS) is 11.9. The van der Waals surface area contributed by atoms with Crippen molar-refractivity contribution in [3.05, 3.63) is 212 Å². The molecule has 8 nitrogen and oxygen atoms in total. The van der Waals surface area contributed by atoms with Crippen LogP contribution >= 0.6 is 0 Å². The highest BCUT2D eigenvalue weighted by atomic mass is 15.3. The molecule has 0 aliphatic carbocycles. The second-order valence-corrected chi connectivity index (χ2v) is 16.7. The lowest BCUT2D eigenvalue weighted by atomic mass is 10.1. The largest absolute Gasteiger partial charge is 0.309 e. The van der Waals surface area contributed by atoms with Gasteiger partial charge in [0.25, 0.3) is 0 Å². The monoisotopic (exact) mass is 842 g/mol. The van der Waals surface area contributed by atoms with Crippen LogP contribution in [0.25, 0.3) is 122 Å². The fraction of sp³-hybridized carbons (Fsp3) is 0. The minimum absolute atomic E-state index is 0.456. The molecular formula is C58H34N8. The number of nitriles is 1. The van der Waals surface area contributed by atoms with E-state index in [0.717, 1.165) is 98.6 Å². The molecule has 0 radical (unpaired) electrons. The van der Waals surface area contributed by atoms with Gasteiger partial charge in [-0.05, 0) is 72.8 Å². The maximum absolute atomic E-state index is 11.2. The van der Waals surface area contributed by atoms with Crippen LogP contribution in [-0.4, -0.2) is 33.2 Å². The van der Waals surface area contributed by atoms with E-state index in [0.29, 0.717) is 28.8 Å². The summed E-state index contributed by atoms with van der Waals surface area (Å²) in [5.74, 6) is 1.42. The summed E-state index contributed by atoms with van der Waals surface area (Å²) in [6, 6.07) is 74.2. The molecule has 8 heteroatoms. The molecule has 14 aromatic rings. The smallest absolute Gasteiger partial charge is 0.240 e. The van der Waals surface area contributed by atoms with Gasteiger partial charge in [-0.25, -0.2) is 0 Å². The summed E-state index contributed by atoms with van der Waals surface area (Å²) in [5.41, 5.74) is 11.3. The van der Waals surface area contributed by atoms with Crippen LogP contribution in [0.5, 0.6) is 0 Å². The van der Waals surface area contributed by atoms with E-state index in [4.69, 9.17) is 15.0 Å². The number of nitrogens with zero attached hydrogens (tertiary/aromatic N) is 8. The Kier molecular flexibility index (Phi) is 7.59. The SMILES string of the molecule is N#Cc1cc(-c2nc(-n3c4ccccc4c4ccccc43)nc(-n3c4ccccc4c4ccccc43)n2)ccc1-n1c2ccccc2c2ccc3c(c4ccccc4n3-c3ccccc3)c21. The summed E-state index contributed by atoms with van der Waals surface area (Å²) in [7, 11) is 0. The van der Waals surface area contributed by atoms with Crippen molar-refractivity contribution in [2.24, 2.45) is 0 Å². The average Bonchev–Trinajstić information content (AvgIpc) is 4.11. The predicted molar refractivity (Wildman–Crippen MR) is 267 cm³/mol. The first kappa shape index (κ1) is 36.2. The molecule has 9 aromatic carbocycles. The molecule has 0 unspecified atom stereocenters. The maximum atomic E-state index is 11.2. The molecule has 0 N–H and O–H groups in total. The van der Waals surface area contributed by atoms with Crippen LogP contribution in [0.2, 0.25) is 0 Å². The summed E-state index contributed by atoms with van der Waals surface area (Å²) in [6.45, 7) is 0. The molecule has 306 valence electrons. The van der Waals surface area contributed by atoms with E-state index in [2.05, 4.69) is 188 Å². The number of hydrogen-bond donors (Lipinski definition) is 0. The van der Waals surface area contributed by atoms with Gasteiger partial charge in [-0.1, -0.05) is 133 Å². The van der Waals surface area contributed by atoms with E-state index in [-0.39, 0.29) is 0 Å². The summed E-state index contributed by atoms with van der Waals surface area (Å²) >= 11 is 0. The first-order valence-corrected chi connectivity index (χ1v) is 22.0. The van der Waals surface area contributed by atoms with Crippen LogP contribution in [0, 0.1) is 11.3 Å². The van der Waals surface area contributed by atoms with E-state index < -0.39 is 0 Å². The third-order valence-corrected chi connectivity index (χ3v) is 13.3. The highest BCUT2D eigenvalue weighted by Gasteiger charge is 2.24. The Hall–Kier alpha value is -9.32. The zero-order chi connectivity index (χ0) is 43.5. The van der Waals surface area contributed by atoms with E-state index >= 15 is 0 Å². The highest BCUT2D eigenvalue weighted by molar-refractivity contribution is 6.26. The summed E-state index contributed by atoms with van der Waals surface area (Å²) in [5, 5.41) is 20.2. The number of hydrogen-bond acceptors (Lipinski definition) is 4. The van der Waals surface area contributed by atoms with Gasteiger partial charge in [-0.2, -0.15) is 20.2 Å². The van der Waals surface area contributed by atoms with Crippen molar-refractivity contribution < 1.29 is 0 Å². The van der Waals surface area contributed by atoms with Crippen LogP contribution in [0.1, 0.15) is 5.56 Å². The van der Waals surface area contributed by atoms with Gasteiger partial charge in [0.2, 0.25) is 11.9 Å². The topological polar surface area (TPSA) is 82.2 Å². The number of rotatable bonds is 5. The van der Waals surface area contributed by atoms with Crippen LogP contribution in [-0.2, 0) is 0 Å². The van der Waals surface area contributed by atoms with Gasteiger partial charge in [0, 0.05) is 54.3 Å². The minimum atomic E-state index is 0.456. The molecule has 0 bridgehead atoms. The fourth-order valence-corrected chi connectivity index (χ4v) is 10.5. The Labute approximate surface area is 376 Å². The zero-order valence-electron chi connectivity index (χ0n) is 35.2. The van der Waals surface area contributed by atoms with Crippen molar-refractivity contribution in [2.45, 2.75) is 0 Å². The Balaban J connectivity index is 1.04. The van der Waals surface area contributed by atoms with Gasteiger partial charge >= 0.3 is 0 Å². The third-order valence-electron chi connectivity index (χ3n) is 13.3. The van der Waals surface area contributed by atoms with Crippen molar-refractivity contribution >= 4 is 87.2 Å². The van der Waals surface area contributed by atoms with Gasteiger partial charge < -0.3 is 9.13 Å². The average molecular weight is 843 g/mol. The van der Waals surface area contributed by atoms with Gasteiger partial charge in [0.1, 0.15) is 6.07 Å². The molecule has 0 atom stereocenters. The van der Waals surface area contributed by atoms with Crippen LogP contribution in [0.4, 0.5) is 0 Å².